The maximum Gasteiger partial charge on any atom is 0.416 e. The number of halogens is 3. The van der Waals surface area contributed by atoms with Gasteiger partial charge in [0.05, 0.1) is 18.2 Å². The second kappa shape index (κ2) is 6.29. The summed E-state index contributed by atoms with van der Waals surface area (Å²) < 4.78 is 43.5. The van der Waals surface area contributed by atoms with Crippen LogP contribution in [0.3, 0.4) is 0 Å². The number of nitrogens with zero attached hydrogens (tertiary/aromatic N) is 1. The molecule has 0 saturated carbocycles. The normalized spacial score (nSPS) is 21.0. The minimum absolute atomic E-state index is 0.151. The van der Waals surface area contributed by atoms with Gasteiger partial charge in [0.25, 0.3) is 0 Å². The van der Waals surface area contributed by atoms with Crippen LogP contribution in [0.4, 0.5) is 18.0 Å². The van der Waals surface area contributed by atoms with Crippen LogP contribution in [0.5, 0.6) is 5.75 Å². The SMILES string of the molecule is C=CCNC(=O)N1C[C@H](Oc2cccc(C(F)(F)F)c2)[C@H]1C. The van der Waals surface area contributed by atoms with Crippen LogP contribution in [0.15, 0.2) is 36.9 Å². The van der Waals surface area contributed by atoms with Crippen LogP contribution in [-0.2, 0) is 6.18 Å². The van der Waals surface area contributed by atoms with Gasteiger partial charge in [0.1, 0.15) is 11.9 Å². The lowest BCUT2D eigenvalue weighted by atomic mass is 10.0. The molecule has 1 aromatic carbocycles. The summed E-state index contributed by atoms with van der Waals surface area (Å²) in [6.45, 7) is 5.99. The molecule has 1 heterocycles. The molecule has 0 bridgehead atoms. The first kappa shape index (κ1) is 16.2. The molecule has 1 aliphatic heterocycles. The molecule has 1 aliphatic rings. The Kier molecular flexibility index (Phi) is 4.63. The number of likely N-dealkylation sites (tertiary alicyclic amines) is 1. The molecule has 2 amide bonds. The average Bonchev–Trinajstić information content (AvgIpc) is 2.47. The second-order valence-electron chi connectivity index (χ2n) is 5.05. The number of rotatable bonds is 4. The predicted octanol–water partition coefficient (Wildman–Crippen LogP) is 3.05. The number of benzene rings is 1. The van der Waals surface area contributed by atoms with Crippen LogP contribution >= 0.6 is 0 Å². The van der Waals surface area contributed by atoms with E-state index in [0.29, 0.717) is 13.1 Å². The van der Waals surface area contributed by atoms with Crippen molar-refractivity contribution >= 4 is 6.03 Å². The van der Waals surface area contributed by atoms with Crippen LogP contribution in [0.25, 0.3) is 0 Å². The molecule has 7 heteroatoms. The van der Waals surface area contributed by atoms with Gasteiger partial charge in [-0.3, -0.25) is 0 Å². The molecule has 1 fully saturated rings. The van der Waals surface area contributed by atoms with Gasteiger partial charge in [0, 0.05) is 6.54 Å². The van der Waals surface area contributed by atoms with E-state index in [1.165, 1.54) is 12.1 Å². The molecule has 0 unspecified atom stereocenters. The molecule has 1 aromatic rings. The molecular weight excluding hydrogens is 297 g/mol. The van der Waals surface area contributed by atoms with Crippen molar-refractivity contribution in [3.8, 4) is 5.75 Å². The molecule has 22 heavy (non-hydrogen) atoms. The van der Waals surface area contributed by atoms with Gasteiger partial charge in [-0.1, -0.05) is 12.1 Å². The van der Waals surface area contributed by atoms with Crippen molar-refractivity contribution in [1.29, 1.82) is 0 Å². The Balaban J connectivity index is 1.94. The lowest BCUT2D eigenvalue weighted by Crippen LogP contribution is -2.65. The quantitative estimate of drug-likeness (QED) is 0.868. The lowest BCUT2D eigenvalue weighted by Gasteiger charge is -2.45. The summed E-state index contributed by atoms with van der Waals surface area (Å²) >= 11 is 0. The first-order valence-electron chi connectivity index (χ1n) is 6.82. The fourth-order valence-electron chi connectivity index (χ4n) is 2.16. The third-order valence-corrected chi connectivity index (χ3v) is 3.51. The van der Waals surface area contributed by atoms with Crippen molar-refractivity contribution in [3.05, 3.63) is 42.5 Å². The van der Waals surface area contributed by atoms with Crippen LogP contribution in [0.1, 0.15) is 12.5 Å². The molecular formula is C15H17F3N2O2. The number of carbonyl (C=O) groups excluding carboxylic acids is 1. The van der Waals surface area contributed by atoms with E-state index in [0.717, 1.165) is 12.1 Å². The van der Waals surface area contributed by atoms with Gasteiger partial charge in [-0.25, -0.2) is 4.79 Å². The van der Waals surface area contributed by atoms with Crippen LogP contribution in [0, 0.1) is 0 Å². The number of ether oxygens (including phenoxy) is 1. The van der Waals surface area contributed by atoms with Gasteiger partial charge < -0.3 is 15.0 Å². The van der Waals surface area contributed by atoms with Crippen molar-refractivity contribution < 1.29 is 22.7 Å². The van der Waals surface area contributed by atoms with Crippen molar-refractivity contribution in [2.45, 2.75) is 25.2 Å². The number of alkyl halides is 3. The summed E-state index contributed by atoms with van der Waals surface area (Å²) in [6, 6.07) is 4.29. The van der Waals surface area contributed by atoms with E-state index in [4.69, 9.17) is 4.74 Å². The highest BCUT2D eigenvalue weighted by Gasteiger charge is 2.40. The number of carbonyl (C=O) groups is 1. The van der Waals surface area contributed by atoms with Gasteiger partial charge >= 0.3 is 12.2 Å². The summed E-state index contributed by atoms with van der Waals surface area (Å²) in [6.07, 6.45) is -3.15. The maximum atomic E-state index is 12.6. The minimum atomic E-state index is -4.40. The van der Waals surface area contributed by atoms with Gasteiger partial charge in [0.2, 0.25) is 0 Å². The molecule has 120 valence electrons. The molecule has 1 N–H and O–H groups in total. The first-order chi connectivity index (χ1) is 10.3. The molecule has 4 nitrogen and oxygen atoms in total. The number of urea groups is 1. The van der Waals surface area contributed by atoms with E-state index in [1.807, 2.05) is 0 Å². The van der Waals surface area contributed by atoms with Gasteiger partial charge in [-0.05, 0) is 25.1 Å². The van der Waals surface area contributed by atoms with Crippen molar-refractivity contribution in [2.24, 2.45) is 0 Å². The average molecular weight is 314 g/mol. The van der Waals surface area contributed by atoms with Gasteiger partial charge in [-0.2, -0.15) is 13.2 Å². The van der Waals surface area contributed by atoms with Crippen LogP contribution in [-0.4, -0.2) is 36.2 Å². The Bertz CT molecular complexity index is 560. The topological polar surface area (TPSA) is 41.6 Å². The minimum Gasteiger partial charge on any atom is -0.486 e. The van der Waals surface area contributed by atoms with E-state index in [-0.39, 0.29) is 23.9 Å². The molecule has 2 rings (SSSR count). The Labute approximate surface area is 126 Å². The molecule has 0 spiro atoms. The van der Waals surface area contributed by atoms with E-state index < -0.39 is 11.7 Å². The Morgan fingerprint density at radius 3 is 2.86 bits per heavy atom. The summed E-state index contributed by atoms with van der Waals surface area (Å²) in [5.74, 6) is 0.151. The largest absolute Gasteiger partial charge is 0.486 e. The summed E-state index contributed by atoms with van der Waals surface area (Å²) in [5, 5.41) is 2.64. The highest BCUT2D eigenvalue weighted by molar-refractivity contribution is 5.75. The predicted molar refractivity (Wildman–Crippen MR) is 75.6 cm³/mol. The van der Waals surface area contributed by atoms with Crippen LogP contribution in [0.2, 0.25) is 0 Å². The fourth-order valence-corrected chi connectivity index (χ4v) is 2.16. The second-order valence-corrected chi connectivity index (χ2v) is 5.05. The summed E-state index contributed by atoms with van der Waals surface area (Å²) in [4.78, 5) is 13.3. The zero-order chi connectivity index (χ0) is 16.3. The molecule has 2 atom stereocenters. The van der Waals surface area contributed by atoms with Crippen molar-refractivity contribution in [1.82, 2.24) is 10.2 Å². The van der Waals surface area contributed by atoms with Crippen molar-refractivity contribution in [3.63, 3.8) is 0 Å². The summed E-state index contributed by atoms with van der Waals surface area (Å²) in [5.41, 5.74) is -0.752. The first-order valence-corrected chi connectivity index (χ1v) is 6.82. The van der Waals surface area contributed by atoms with Gasteiger partial charge in [0.15, 0.2) is 0 Å². The lowest BCUT2D eigenvalue weighted by molar-refractivity contribution is -0.137. The zero-order valence-electron chi connectivity index (χ0n) is 12.1. The van der Waals surface area contributed by atoms with E-state index in [9.17, 15) is 18.0 Å². The number of nitrogens with one attached hydrogen (secondary N) is 1. The Morgan fingerprint density at radius 1 is 1.55 bits per heavy atom. The standard InChI is InChI=1S/C15H17F3N2O2/c1-3-7-19-14(21)20-9-13(10(20)2)22-12-6-4-5-11(8-12)15(16,17)18/h3-6,8,10,13H,1,7,9H2,2H3,(H,19,21)/t10-,13+/m1/s1. The van der Waals surface area contributed by atoms with Crippen molar-refractivity contribution in [2.75, 3.05) is 13.1 Å². The molecule has 0 aromatic heterocycles. The van der Waals surface area contributed by atoms with Gasteiger partial charge in [-0.15, -0.1) is 6.58 Å². The third-order valence-electron chi connectivity index (χ3n) is 3.51. The molecule has 0 aliphatic carbocycles. The zero-order valence-corrected chi connectivity index (χ0v) is 12.1. The van der Waals surface area contributed by atoms with E-state index in [2.05, 4.69) is 11.9 Å². The van der Waals surface area contributed by atoms with E-state index in [1.54, 1.807) is 17.9 Å². The maximum absolute atomic E-state index is 12.6. The Morgan fingerprint density at radius 2 is 2.27 bits per heavy atom. The van der Waals surface area contributed by atoms with E-state index >= 15 is 0 Å². The third kappa shape index (κ3) is 3.52. The Hall–Kier alpha value is -2.18. The highest BCUT2D eigenvalue weighted by Crippen LogP contribution is 2.32. The summed E-state index contributed by atoms with van der Waals surface area (Å²) in [7, 11) is 0. The number of amides is 2. The molecule has 0 radical (unpaired) electrons. The highest BCUT2D eigenvalue weighted by atomic mass is 19.4. The number of hydrogen-bond donors (Lipinski definition) is 1. The molecule has 1 saturated heterocycles. The monoisotopic (exact) mass is 314 g/mol. The fraction of sp³-hybridized carbons (Fsp3) is 0.400. The smallest absolute Gasteiger partial charge is 0.416 e. The van der Waals surface area contributed by atoms with Crippen LogP contribution < -0.4 is 10.1 Å². The number of hydrogen-bond acceptors (Lipinski definition) is 2.